The highest BCUT2D eigenvalue weighted by Crippen LogP contribution is 2.38. The fourth-order valence-corrected chi connectivity index (χ4v) is 5.96. The van der Waals surface area contributed by atoms with Crippen LogP contribution in [0.15, 0.2) is 6.07 Å². The zero-order valence-electron chi connectivity index (χ0n) is 14.2. The van der Waals surface area contributed by atoms with Crippen LogP contribution in [0.3, 0.4) is 0 Å². The highest BCUT2D eigenvalue weighted by molar-refractivity contribution is 7.89. The highest BCUT2D eigenvalue weighted by atomic mass is 32.2. The molecular weight excluding hydrogens is 312 g/mol. The molecule has 1 aromatic heterocycles. The van der Waals surface area contributed by atoms with Gasteiger partial charge in [-0.1, -0.05) is 12.8 Å². The Hall–Kier alpha value is -1.21. The van der Waals surface area contributed by atoms with Gasteiger partial charge in [-0.15, -0.1) is 0 Å². The maximum absolute atomic E-state index is 13.0. The van der Waals surface area contributed by atoms with Crippen molar-refractivity contribution in [3.63, 3.8) is 0 Å². The molecule has 128 valence electrons. The molecule has 23 heavy (non-hydrogen) atoms. The number of sulfonamides is 1. The molecule has 1 aliphatic heterocycles. The fourth-order valence-electron chi connectivity index (χ4n) is 3.69. The Morgan fingerprint density at radius 2 is 1.83 bits per heavy atom. The van der Waals surface area contributed by atoms with E-state index in [0.29, 0.717) is 12.4 Å². The molecule has 3 rings (SSSR count). The Labute approximate surface area is 139 Å². The van der Waals surface area contributed by atoms with Gasteiger partial charge < -0.3 is 4.90 Å². The second-order valence-electron chi connectivity index (χ2n) is 6.81. The molecule has 7 heteroatoms. The van der Waals surface area contributed by atoms with Gasteiger partial charge in [-0.05, 0) is 32.6 Å². The molecule has 2 aliphatic rings. The maximum atomic E-state index is 13.0. The quantitative estimate of drug-likeness (QED) is 0.842. The third-order valence-electron chi connectivity index (χ3n) is 4.90. The van der Waals surface area contributed by atoms with Crippen molar-refractivity contribution >= 4 is 15.8 Å². The Balaban J connectivity index is 1.93. The lowest BCUT2D eigenvalue weighted by atomic mass is 10.1. The molecule has 1 saturated carbocycles. The van der Waals surface area contributed by atoms with Gasteiger partial charge in [0.05, 0.1) is 17.0 Å². The molecule has 2 heterocycles. The second-order valence-corrected chi connectivity index (χ2v) is 8.98. The van der Waals surface area contributed by atoms with Crippen LogP contribution < -0.4 is 4.90 Å². The summed E-state index contributed by atoms with van der Waals surface area (Å²) in [4.78, 5) is 10.9. The molecule has 0 spiro atoms. The van der Waals surface area contributed by atoms with Crippen molar-refractivity contribution in [2.24, 2.45) is 0 Å². The number of aromatic nitrogens is 2. The zero-order valence-corrected chi connectivity index (χ0v) is 15.0. The van der Waals surface area contributed by atoms with Crippen molar-refractivity contribution in [2.75, 3.05) is 25.5 Å². The van der Waals surface area contributed by atoms with Crippen LogP contribution in [0.1, 0.15) is 56.1 Å². The lowest BCUT2D eigenvalue weighted by Crippen LogP contribution is -2.37. The van der Waals surface area contributed by atoms with Crippen LogP contribution in [0.4, 0.5) is 5.82 Å². The predicted octanol–water partition coefficient (Wildman–Crippen LogP) is 2.26. The van der Waals surface area contributed by atoms with Crippen LogP contribution in [-0.2, 0) is 10.0 Å². The third kappa shape index (κ3) is 3.21. The zero-order chi connectivity index (χ0) is 16.6. The summed E-state index contributed by atoms with van der Waals surface area (Å²) in [7, 11) is 0.653. The van der Waals surface area contributed by atoms with Gasteiger partial charge in [0.2, 0.25) is 10.0 Å². The Bertz CT molecular complexity index is 669. The predicted molar refractivity (Wildman–Crippen MR) is 91.0 cm³/mol. The van der Waals surface area contributed by atoms with E-state index in [1.54, 1.807) is 4.31 Å². The van der Waals surface area contributed by atoms with E-state index in [-0.39, 0.29) is 11.3 Å². The summed E-state index contributed by atoms with van der Waals surface area (Å²) in [6.45, 7) is 2.48. The Kier molecular flexibility index (Phi) is 4.60. The lowest BCUT2D eigenvalue weighted by Gasteiger charge is -2.27. The van der Waals surface area contributed by atoms with Crippen molar-refractivity contribution in [3.8, 4) is 0 Å². The molecule has 2 fully saturated rings. The van der Waals surface area contributed by atoms with Gasteiger partial charge in [-0.2, -0.15) is 4.31 Å². The van der Waals surface area contributed by atoms with Gasteiger partial charge in [-0.25, -0.2) is 18.4 Å². The number of hydrogen-bond acceptors (Lipinski definition) is 5. The first-order valence-electron chi connectivity index (χ1n) is 8.43. The van der Waals surface area contributed by atoms with Crippen LogP contribution in [0.2, 0.25) is 0 Å². The second kappa shape index (κ2) is 6.36. The first-order valence-corrected chi connectivity index (χ1v) is 9.93. The minimum Gasteiger partial charge on any atom is -0.363 e. The number of rotatable bonds is 4. The molecule has 0 unspecified atom stereocenters. The summed E-state index contributed by atoms with van der Waals surface area (Å²) in [6.07, 6.45) is 5.40. The molecule has 0 N–H and O–H groups in total. The van der Waals surface area contributed by atoms with Crippen LogP contribution >= 0.6 is 0 Å². The van der Waals surface area contributed by atoms with E-state index < -0.39 is 10.0 Å². The van der Waals surface area contributed by atoms with Gasteiger partial charge in [0.25, 0.3) is 0 Å². The van der Waals surface area contributed by atoms with E-state index >= 15 is 0 Å². The maximum Gasteiger partial charge on any atom is 0.217 e. The van der Waals surface area contributed by atoms with Crippen molar-refractivity contribution in [3.05, 3.63) is 17.6 Å². The van der Waals surface area contributed by atoms with Crippen molar-refractivity contribution < 1.29 is 8.42 Å². The molecule has 1 aromatic rings. The number of aryl methyl sites for hydroxylation is 1. The number of nitrogens with zero attached hydrogens (tertiary/aromatic N) is 4. The molecule has 6 nitrogen and oxygen atoms in total. The largest absolute Gasteiger partial charge is 0.363 e. The summed E-state index contributed by atoms with van der Waals surface area (Å²) < 4.78 is 27.7. The summed E-state index contributed by atoms with van der Waals surface area (Å²) in [5, 5.41) is -0.195. The molecule has 0 radical (unpaired) electrons. The molecule has 0 bridgehead atoms. The lowest BCUT2D eigenvalue weighted by molar-refractivity contribution is 0.382. The Morgan fingerprint density at radius 3 is 2.48 bits per heavy atom. The van der Waals surface area contributed by atoms with Gasteiger partial charge >= 0.3 is 0 Å². The van der Waals surface area contributed by atoms with E-state index in [1.165, 1.54) is 0 Å². The topological polar surface area (TPSA) is 66.4 Å². The van der Waals surface area contributed by atoms with Gasteiger partial charge in [0, 0.05) is 26.7 Å². The van der Waals surface area contributed by atoms with Gasteiger partial charge in [0.1, 0.15) is 11.6 Å². The van der Waals surface area contributed by atoms with Crippen LogP contribution in [0, 0.1) is 6.92 Å². The summed E-state index contributed by atoms with van der Waals surface area (Å²) in [6, 6.07) is 1.79. The highest BCUT2D eigenvalue weighted by Gasteiger charge is 2.41. The summed E-state index contributed by atoms with van der Waals surface area (Å²) in [5.41, 5.74) is 0.834. The van der Waals surface area contributed by atoms with Gasteiger partial charge in [0.15, 0.2) is 0 Å². The normalized spacial score (nSPS) is 23.5. The number of anilines is 1. The van der Waals surface area contributed by atoms with Crippen molar-refractivity contribution in [1.82, 2.24) is 14.3 Å². The minimum atomic E-state index is -3.22. The van der Waals surface area contributed by atoms with E-state index in [0.717, 1.165) is 50.0 Å². The van der Waals surface area contributed by atoms with Crippen molar-refractivity contribution in [1.29, 1.82) is 0 Å². The standard InChI is InChI=1S/C16H26N4O2S/c1-12-17-14(11-16(18-12)19(2)3)15-9-6-10-20(15)23(21,22)13-7-4-5-8-13/h11,13,15H,4-10H2,1-3H3/t15-/m0/s1. The average Bonchev–Trinajstić information content (AvgIpc) is 3.18. The third-order valence-corrected chi connectivity index (χ3v) is 7.30. The summed E-state index contributed by atoms with van der Waals surface area (Å²) in [5.74, 6) is 1.52. The molecular formula is C16H26N4O2S. The first-order chi connectivity index (χ1) is 10.9. The van der Waals surface area contributed by atoms with Gasteiger partial charge in [-0.3, -0.25) is 0 Å². The SMILES string of the molecule is Cc1nc([C@@H]2CCCN2S(=O)(=O)C2CCCC2)cc(N(C)C)n1. The monoisotopic (exact) mass is 338 g/mol. The molecule has 1 atom stereocenters. The molecule has 0 aromatic carbocycles. The molecule has 0 amide bonds. The van der Waals surface area contributed by atoms with Crippen molar-refractivity contribution in [2.45, 2.75) is 56.7 Å². The molecule has 1 aliphatic carbocycles. The number of hydrogen-bond donors (Lipinski definition) is 0. The Morgan fingerprint density at radius 1 is 1.13 bits per heavy atom. The first kappa shape index (κ1) is 16.6. The van der Waals surface area contributed by atoms with Crippen LogP contribution in [0.25, 0.3) is 0 Å². The van der Waals surface area contributed by atoms with E-state index in [1.807, 2.05) is 32.0 Å². The average molecular weight is 338 g/mol. The van der Waals surface area contributed by atoms with E-state index in [2.05, 4.69) is 9.97 Å². The molecule has 1 saturated heterocycles. The summed E-state index contributed by atoms with van der Waals surface area (Å²) >= 11 is 0. The minimum absolute atomic E-state index is 0.138. The van der Waals surface area contributed by atoms with Crippen LogP contribution in [-0.4, -0.2) is 48.6 Å². The smallest absolute Gasteiger partial charge is 0.217 e. The fraction of sp³-hybridized carbons (Fsp3) is 0.750. The van der Waals surface area contributed by atoms with Crippen LogP contribution in [0.5, 0.6) is 0 Å². The van der Waals surface area contributed by atoms with E-state index in [9.17, 15) is 8.42 Å². The van der Waals surface area contributed by atoms with E-state index in [4.69, 9.17) is 0 Å².